The van der Waals surface area contributed by atoms with Gasteiger partial charge in [-0.25, -0.2) is 0 Å². The van der Waals surface area contributed by atoms with E-state index in [1.54, 1.807) is 24.4 Å². The van der Waals surface area contributed by atoms with Gasteiger partial charge in [-0.3, -0.25) is 8.78 Å². The normalized spacial score (nSPS) is 9.64. The van der Waals surface area contributed by atoms with Gasteiger partial charge in [-0.2, -0.15) is 0 Å². The predicted molar refractivity (Wildman–Crippen MR) is 109 cm³/mol. The van der Waals surface area contributed by atoms with Crippen LogP contribution in [0.25, 0.3) is 11.3 Å². The summed E-state index contributed by atoms with van der Waals surface area (Å²) in [6.07, 6.45) is 1.55. The van der Waals surface area contributed by atoms with Crippen LogP contribution in [0.15, 0.2) is 97.2 Å². The molecule has 0 N–H and O–H groups in total. The molecule has 3 aromatic carbocycles. The average molecular weight is 569 g/mol. The Balaban J connectivity index is 0.000000194. The molecule has 0 bridgehead atoms. The number of pyridine rings is 1. The van der Waals surface area contributed by atoms with E-state index < -0.39 is 11.6 Å². The van der Waals surface area contributed by atoms with Crippen molar-refractivity contribution in [3.63, 3.8) is 0 Å². The minimum Gasteiger partial charge on any atom is -0.305 e. The molecule has 1 aromatic heterocycles. The second-order valence-electron chi connectivity index (χ2n) is 5.61. The van der Waals surface area contributed by atoms with Crippen molar-refractivity contribution >= 4 is 19.2 Å². The Morgan fingerprint density at radius 1 is 0.750 bits per heavy atom. The molecule has 1 nitrogen and oxygen atoms in total. The minimum atomic E-state index is -0.649. The number of hydrogen-bond donors (Lipinski definition) is 0. The number of rotatable bonds is 3. The van der Waals surface area contributed by atoms with Gasteiger partial charge in [0.2, 0.25) is 0 Å². The van der Waals surface area contributed by atoms with Gasteiger partial charge < -0.3 is 4.98 Å². The first-order valence-electron chi connectivity index (χ1n) is 8.37. The van der Waals surface area contributed by atoms with Crippen LogP contribution in [0.5, 0.6) is 0 Å². The van der Waals surface area contributed by atoms with Crippen LogP contribution in [0.4, 0.5) is 8.78 Å². The van der Waals surface area contributed by atoms with Crippen LogP contribution < -0.4 is 10.6 Å². The number of hydrogen-bond acceptors (Lipinski definition) is 1. The fraction of sp³-hybridized carbons (Fsp3) is 0. The van der Waals surface area contributed by atoms with E-state index >= 15 is 0 Å². The number of benzene rings is 3. The van der Waals surface area contributed by atoms with Gasteiger partial charge in [-0.05, 0) is 22.4 Å². The molecule has 0 atom stereocenters. The summed E-state index contributed by atoms with van der Waals surface area (Å²) in [7, 11) is 0.777. The standard InChI is InChI=1S/C12H11P.C11H6F2N.Ir/c1-3-7-11(8-4-1)13-12-9-5-2-6-10-12;12-8-4-5-9(10(13)7-8)11-3-1-2-6-14-11;/h1-10,13H;1-4,6-7H;/q;-1;. The van der Waals surface area contributed by atoms with E-state index in [0.29, 0.717) is 5.69 Å². The number of aromatic nitrogens is 1. The minimum absolute atomic E-state index is 0. The van der Waals surface area contributed by atoms with Gasteiger partial charge in [-0.1, -0.05) is 93.0 Å². The summed E-state index contributed by atoms with van der Waals surface area (Å²) < 4.78 is 25.8. The topological polar surface area (TPSA) is 12.9 Å². The molecule has 143 valence electrons. The van der Waals surface area contributed by atoms with Gasteiger partial charge >= 0.3 is 0 Å². The van der Waals surface area contributed by atoms with Crippen molar-refractivity contribution in [2.75, 3.05) is 0 Å². The fourth-order valence-corrected chi connectivity index (χ4v) is 3.41. The average Bonchev–Trinajstić information content (AvgIpc) is 2.71. The van der Waals surface area contributed by atoms with Crippen LogP contribution in [0, 0.1) is 17.7 Å². The van der Waals surface area contributed by atoms with Crippen LogP contribution in [-0.4, -0.2) is 4.98 Å². The molecule has 0 aliphatic carbocycles. The van der Waals surface area contributed by atoms with Crippen molar-refractivity contribution in [3.8, 4) is 11.3 Å². The summed E-state index contributed by atoms with van der Waals surface area (Å²) in [6, 6.07) is 30.7. The molecule has 1 radical (unpaired) electrons. The van der Waals surface area contributed by atoms with E-state index in [9.17, 15) is 8.78 Å². The van der Waals surface area contributed by atoms with Crippen molar-refractivity contribution in [1.29, 1.82) is 0 Å². The van der Waals surface area contributed by atoms with E-state index in [-0.39, 0.29) is 25.7 Å². The van der Waals surface area contributed by atoms with Crippen molar-refractivity contribution in [2.24, 2.45) is 0 Å². The molecule has 0 saturated heterocycles. The van der Waals surface area contributed by atoms with Crippen LogP contribution in [-0.2, 0) is 20.1 Å². The molecule has 4 aromatic rings. The number of halogens is 2. The van der Waals surface area contributed by atoms with E-state index in [0.717, 1.165) is 20.7 Å². The van der Waals surface area contributed by atoms with Crippen molar-refractivity contribution in [1.82, 2.24) is 4.98 Å². The Labute approximate surface area is 179 Å². The summed E-state index contributed by atoms with van der Waals surface area (Å²) in [5.41, 5.74) is 0.636. The molecule has 0 amide bonds. The maximum absolute atomic E-state index is 13.2. The number of nitrogens with zero attached hydrogens (tertiary/aromatic N) is 1. The third kappa shape index (κ3) is 6.73. The molecule has 0 aliphatic rings. The van der Waals surface area contributed by atoms with Crippen LogP contribution in [0.3, 0.4) is 0 Å². The molecule has 1 heterocycles. The quantitative estimate of drug-likeness (QED) is 0.247. The predicted octanol–water partition coefficient (Wildman–Crippen LogP) is 5.14. The smallest absolute Gasteiger partial charge is 0.0408 e. The third-order valence-corrected chi connectivity index (χ3v) is 4.86. The molecule has 4 rings (SSSR count). The molecule has 28 heavy (non-hydrogen) atoms. The fourth-order valence-electron chi connectivity index (χ4n) is 2.36. The Bertz CT molecular complexity index is 930. The Kier molecular flexibility index (Phi) is 9.10. The van der Waals surface area contributed by atoms with Crippen molar-refractivity contribution < 1.29 is 28.9 Å². The summed E-state index contributed by atoms with van der Waals surface area (Å²) >= 11 is 0. The van der Waals surface area contributed by atoms with Crippen LogP contribution in [0.1, 0.15) is 0 Å². The third-order valence-electron chi connectivity index (χ3n) is 3.62. The summed E-state index contributed by atoms with van der Waals surface area (Å²) in [5.74, 6) is -1.29. The molecule has 0 spiro atoms. The summed E-state index contributed by atoms with van der Waals surface area (Å²) in [4.78, 5) is 3.95. The molecule has 0 aliphatic heterocycles. The maximum atomic E-state index is 13.2. The second-order valence-corrected chi connectivity index (χ2v) is 7.02. The summed E-state index contributed by atoms with van der Waals surface area (Å²) in [6.45, 7) is 0. The molecular formula is C23H17F2IrNP-. The van der Waals surface area contributed by atoms with Crippen LogP contribution in [0.2, 0.25) is 0 Å². The first kappa shape index (κ1) is 22.0. The van der Waals surface area contributed by atoms with Gasteiger partial charge in [0, 0.05) is 37.9 Å². The Hall–Kier alpha value is -2.25. The van der Waals surface area contributed by atoms with E-state index in [2.05, 4.69) is 71.7 Å². The molecule has 0 fully saturated rings. The van der Waals surface area contributed by atoms with Crippen molar-refractivity contribution in [3.05, 3.63) is 115 Å². The zero-order chi connectivity index (χ0) is 18.9. The van der Waals surface area contributed by atoms with Gasteiger partial charge in [0.05, 0.1) is 0 Å². The van der Waals surface area contributed by atoms with Gasteiger partial charge in [-0.15, -0.1) is 12.1 Å². The van der Waals surface area contributed by atoms with Gasteiger partial charge in [0.25, 0.3) is 0 Å². The monoisotopic (exact) mass is 569 g/mol. The molecule has 5 heteroatoms. The van der Waals surface area contributed by atoms with E-state index in [4.69, 9.17) is 0 Å². The largest absolute Gasteiger partial charge is 0.305 e. The SMILES string of the molecule is Fc1c[c-]c(-c2ccccn2)c(F)c1.[Ir].c1ccc(Pc2ccccc2)cc1. The Morgan fingerprint density at radius 2 is 1.32 bits per heavy atom. The summed E-state index contributed by atoms with van der Waals surface area (Å²) in [5, 5.41) is 2.79. The molecular weight excluding hydrogens is 551 g/mol. The maximum Gasteiger partial charge on any atom is 0.0408 e. The molecule has 0 saturated carbocycles. The molecule has 0 unspecified atom stereocenters. The van der Waals surface area contributed by atoms with Crippen molar-refractivity contribution in [2.45, 2.75) is 0 Å². The first-order valence-corrected chi connectivity index (χ1v) is 9.37. The van der Waals surface area contributed by atoms with Gasteiger partial charge in [0.1, 0.15) is 0 Å². The second kappa shape index (κ2) is 11.6. The zero-order valence-corrected chi connectivity index (χ0v) is 18.2. The van der Waals surface area contributed by atoms with E-state index in [1.807, 2.05) is 0 Å². The zero-order valence-electron chi connectivity index (χ0n) is 14.8. The van der Waals surface area contributed by atoms with Gasteiger partial charge in [0.15, 0.2) is 0 Å². The van der Waals surface area contributed by atoms with Crippen LogP contribution >= 0.6 is 8.58 Å². The first-order chi connectivity index (χ1) is 13.2. The Morgan fingerprint density at radius 3 is 1.82 bits per heavy atom. The van der Waals surface area contributed by atoms with E-state index in [1.165, 1.54) is 10.6 Å².